The van der Waals surface area contributed by atoms with Crippen molar-refractivity contribution in [1.82, 2.24) is 14.4 Å². The molecule has 34 heavy (non-hydrogen) atoms. The maximum Gasteiger partial charge on any atom is 0.492 e. The first kappa shape index (κ1) is 24.9. The molecular weight excluding hydrogens is 482 g/mol. The Balaban J connectivity index is 1.77. The molecule has 3 rings (SSSR count). The van der Waals surface area contributed by atoms with Crippen LogP contribution in [-0.2, 0) is 19.7 Å². The van der Waals surface area contributed by atoms with Crippen molar-refractivity contribution in [3.8, 4) is 0 Å². The normalized spacial score (nSPS) is 11.9. The molecule has 14 heteroatoms. The summed E-state index contributed by atoms with van der Waals surface area (Å²) in [6, 6.07) is 11.0. The quantitative estimate of drug-likeness (QED) is 0.370. The number of hydrogen-bond donors (Lipinski definition) is 2. The molecule has 0 saturated carbocycles. The van der Waals surface area contributed by atoms with E-state index in [1.807, 2.05) is 0 Å². The molecule has 0 bridgehead atoms. The first-order chi connectivity index (χ1) is 15.9. The van der Waals surface area contributed by atoms with Gasteiger partial charge in [0.25, 0.3) is 10.0 Å². The van der Waals surface area contributed by atoms with Crippen LogP contribution >= 0.6 is 0 Å². The maximum atomic E-state index is 13.7. The average Bonchev–Trinajstić information content (AvgIpc) is 2.76. The third kappa shape index (κ3) is 5.96. The van der Waals surface area contributed by atoms with E-state index in [1.54, 1.807) is 19.1 Å². The van der Waals surface area contributed by atoms with Crippen molar-refractivity contribution >= 4 is 39.0 Å². The van der Waals surface area contributed by atoms with E-state index in [-0.39, 0.29) is 16.0 Å². The van der Waals surface area contributed by atoms with Crippen LogP contribution in [-0.4, -0.2) is 42.0 Å². The zero-order valence-corrected chi connectivity index (χ0v) is 18.4. The highest BCUT2D eigenvalue weighted by atomic mass is 32.2. The van der Waals surface area contributed by atoms with Crippen LogP contribution in [0.15, 0.2) is 59.8 Å². The van der Waals surface area contributed by atoms with Gasteiger partial charge in [-0.1, -0.05) is 12.1 Å². The summed E-state index contributed by atoms with van der Waals surface area (Å²) in [5.41, 5.74) is 1.13. The zero-order valence-electron chi connectivity index (χ0n) is 17.6. The zero-order chi connectivity index (χ0) is 25.1. The lowest BCUT2D eigenvalue weighted by Crippen LogP contribution is -2.36. The second kappa shape index (κ2) is 9.61. The fourth-order valence-corrected chi connectivity index (χ4v) is 3.55. The summed E-state index contributed by atoms with van der Waals surface area (Å²) in [4.78, 5) is 22.4. The van der Waals surface area contributed by atoms with Crippen LogP contribution in [0.1, 0.15) is 5.56 Å². The molecule has 0 unspecified atom stereocenters. The van der Waals surface area contributed by atoms with Crippen LogP contribution in [0.25, 0.3) is 0 Å². The van der Waals surface area contributed by atoms with Crippen LogP contribution < -0.4 is 10.6 Å². The second-order valence-electron chi connectivity index (χ2n) is 6.82. The largest absolute Gasteiger partial charge is 0.492 e. The van der Waals surface area contributed by atoms with Gasteiger partial charge in [-0.3, -0.25) is 0 Å². The molecule has 0 saturated heterocycles. The van der Waals surface area contributed by atoms with E-state index in [2.05, 4.69) is 25.4 Å². The van der Waals surface area contributed by atoms with Crippen molar-refractivity contribution in [3.05, 3.63) is 66.2 Å². The highest BCUT2D eigenvalue weighted by Crippen LogP contribution is 2.25. The molecule has 0 spiro atoms. The van der Waals surface area contributed by atoms with E-state index in [9.17, 15) is 30.8 Å². The molecule has 0 amide bonds. The Hall–Kier alpha value is -3.78. The number of hydrogen-bond acceptors (Lipinski definition) is 8. The van der Waals surface area contributed by atoms with E-state index >= 15 is 0 Å². The summed E-state index contributed by atoms with van der Waals surface area (Å²) in [7, 11) is -3.93. The minimum Gasteiger partial charge on any atom is -0.345 e. The van der Waals surface area contributed by atoms with Crippen LogP contribution in [0.4, 0.5) is 40.6 Å². The fraction of sp³-hybridized carbons (Fsp3) is 0.150. The van der Waals surface area contributed by atoms with Crippen molar-refractivity contribution in [2.45, 2.75) is 18.0 Å². The number of carbonyl (C=O) groups excluding carboxylic acids is 1. The Labute approximate surface area is 191 Å². The third-order valence-corrected chi connectivity index (χ3v) is 5.90. The third-order valence-electron chi connectivity index (χ3n) is 4.30. The predicted octanol–water partition coefficient (Wildman–Crippen LogP) is 4.05. The highest BCUT2D eigenvalue weighted by molar-refractivity contribution is 7.89. The lowest BCUT2D eigenvalue weighted by molar-refractivity contribution is -0.219. The summed E-state index contributed by atoms with van der Waals surface area (Å²) >= 11 is 0. The van der Waals surface area contributed by atoms with E-state index < -0.39 is 32.9 Å². The number of anilines is 4. The first-order valence-corrected chi connectivity index (χ1v) is 10.8. The van der Waals surface area contributed by atoms with Gasteiger partial charge in [-0.2, -0.15) is 13.2 Å². The number of halogens is 4. The van der Waals surface area contributed by atoms with Crippen molar-refractivity contribution in [2.75, 3.05) is 17.7 Å². The number of nitrogens with one attached hydrogen (secondary N) is 2. The molecule has 180 valence electrons. The number of hydroxylamine groups is 1. The molecular formula is C20H17F4N5O4S. The summed E-state index contributed by atoms with van der Waals surface area (Å²) in [5, 5.41) is 5.74. The monoisotopic (exact) mass is 499 g/mol. The summed E-state index contributed by atoms with van der Waals surface area (Å²) in [5.74, 6) is -2.54. The number of aromatic nitrogens is 2. The van der Waals surface area contributed by atoms with Crippen molar-refractivity contribution in [2.24, 2.45) is 0 Å². The smallest absolute Gasteiger partial charge is 0.345 e. The van der Waals surface area contributed by atoms with E-state index in [0.29, 0.717) is 24.1 Å². The van der Waals surface area contributed by atoms with Gasteiger partial charge in [-0.25, -0.2) is 27.6 Å². The fourth-order valence-electron chi connectivity index (χ4n) is 2.56. The molecule has 0 atom stereocenters. The van der Waals surface area contributed by atoms with Gasteiger partial charge in [0, 0.05) is 24.5 Å². The van der Waals surface area contributed by atoms with Crippen molar-refractivity contribution in [1.29, 1.82) is 0 Å². The van der Waals surface area contributed by atoms with Gasteiger partial charge in [-0.15, -0.1) is 0 Å². The Morgan fingerprint density at radius 1 is 1.00 bits per heavy atom. The summed E-state index contributed by atoms with van der Waals surface area (Å²) in [6.07, 6.45) is -4.16. The molecule has 3 aromatic rings. The molecule has 1 aromatic heterocycles. The van der Waals surface area contributed by atoms with Gasteiger partial charge in [0.2, 0.25) is 0 Å². The molecule has 2 N–H and O–H groups in total. The van der Waals surface area contributed by atoms with Gasteiger partial charge in [0.15, 0.2) is 0 Å². The first-order valence-electron chi connectivity index (χ1n) is 9.36. The van der Waals surface area contributed by atoms with Gasteiger partial charge in [-0.05, 0) is 47.3 Å². The van der Waals surface area contributed by atoms with Crippen LogP contribution in [0.2, 0.25) is 0 Å². The molecule has 0 radical (unpaired) electrons. The minimum absolute atomic E-state index is 0.171. The van der Waals surface area contributed by atoms with Crippen LogP contribution in [0.3, 0.4) is 0 Å². The van der Waals surface area contributed by atoms with E-state index in [4.69, 9.17) is 0 Å². The molecule has 0 aliphatic heterocycles. The van der Waals surface area contributed by atoms with Crippen molar-refractivity contribution < 1.29 is 35.6 Å². The molecule has 0 aliphatic rings. The standard InChI is InChI=1S/C20H17F4N5O4S/c1-12-6-7-14(9-16(12)21)28-18-10-17(25-11-26-18)27-13-4-3-5-15(8-13)34(31,32)29(2)33-19(30)20(22,23)24/h3-11H,1-2H3,(H2,25,26,27,28). The van der Waals surface area contributed by atoms with Gasteiger partial charge < -0.3 is 15.5 Å². The molecule has 0 fully saturated rings. The topological polar surface area (TPSA) is 114 Å². The number of benzene rings is 2. The number of alkyl halides is 3. The predicted molar refractivity (Wildman–Crippen MR) is 113 cm³/mol. The van der Waals surface area contributed by atoms with Gasteiger partial charge in [0.05, 0.1) is 4.90 Å². The Bertz CT molecular complexity index is 1320. The summed E-state index contributed by atoms with van der Waals surface area (Å²) < 4.78 is 75.7. The molecule has 2 aromatic carbocycles. The SMILES string of the molecule is Cc1ccc(Nc2cc(Nc3cccc(S(=O)(=O)N(C)OC(=O)C(F)(F)F)c3)ncn2)cc1F. The molecule has 9 nitrogen and oxygen atoms in total. The number of nitrogens with zero attached hydrogens (tertiary/aromatic N) is 3. The minimum atomic E-state index is -5.36. The molecule has 0 aliphatic carbocycles. The lowest BCUT2D eigenvalue weighted by atomic mass is 10.2. The lowest BCUT2D eigenvalue weighted by Gasteiger charge is -2.17. The van der Waals surface area contributed by atoms with Gasteiger partial charge >= 0.3 is 12.1 Å². The highest BCUT2D eigenvalue weighted by Gasteiger charge is 2.43. The number of aryl methyl sites for hydroxylation is 1. The summed E-state index contributed by atoms with van der Waals surface area (Å²) in [6.45, 7) is 1.62. The van der Waals surface area contributed by atoms with Gasteiger partial charge in [0.1, 0.15) is 23.8 Å². The second-order valence-corrected chi connectivity index (χ2v) is 8.76. The Kier molecular flexibility index (Phi) is 7.02. The number of carbonyl (C=O) groups is 1. The Morgan fingerprint density at radius 2 is 1.62 bits per heavy atom. The van der Waals surface area contributed by atoms with E-state index in [0.717, 1.165) is 12.1 Å². The van der Waals surface area contributed by atoms with Crippen LogP contribution in [0, 0.1) is 12.7 Å². The average molecular weight is 499 g/mol. The van der Waals surface area contributed by atoms with Crippen LogP contribution in [0.5, 0.6) is 0 Å². The van der Waals surface area contributed by atoms with E-state index in [1.165, 1.54) is 30.6 Å². The number of sulfonamides is 1. The number of rotatable bonds is 7. The van der Waals surface area contributed by atoms with Crippen molar-refractivity contribution in [3.63, 3.8) is 0 Å². The molecule has 1 heterocycles. The maximum absolute atomic E-state index is 13.7. The Morgan fingerprint density at radius 3 is 2.21 bits per heavy atom.